The summed E-state index contributed by atoms with van der Waals surface area (Å²) in [6.45, 7) is 3.59. The molecule has 0 amide bonds. The third kappa shape index (κ3) is 4.69. The van der Waals surface area contributed by atoms with Crippen LogP contribution in [0.4, 0.5) is 17.6 Å². The Labute approximate surface area is 156 Å². The Morgan fingerprint density at radius 3 is 2.48 bits per heavy atom. The zero-order chi connectivity index (χ0) is 19.4. The number of esters is 1. The van der Waals surface area contributed by atoms with E-state index in [1.165, 1.54) is 12.1 Å². The molecule has 0 saturated carbocycles. The Kier molecular flexibility index (Phi) is 5.16. The van der Waals surface area contributed by atoms with E-state index in [2.05, 4.69) is 20.3 Å². The zero-order valence-corrected chi connectivity index (χ0v) is 14.9. The van der Waals surface area contributed by atoms with Crippen molar-refractivity contribution in [3.05, 3.63) is 65.0 Å². The molecule has 0 aliphatic carbocycles. The highest BCUT2D eigenvalue weighted by atomic mass is 16.5. The van der Waals surface area contributed by atoms with Gasteiger partial charge in [0.15, 0.2) is 12.4 Å². The fourth-order valence-corrected chi connectivity index (χ4v) is 2.35. The van der Waals surface area contributed by atoms with Crippen molar-refractivity contribution in [3.8, 4) is 5.75 Å². The topological polar surface area (TPSA) is 123 Å². The van der Waals surface area contributed by atoms with E-state index in [9.17, 15) is 9.90 Å². The van der Waals surface area contributed by atoms with Crippen molar-refractivity contribution in [2.75, 3.05) is 11.1 Å². The van der Waals surface area contributed by atoms with E-state index in [-0.39, 0.29) is 35.6 Å². The van der Waals surface area contributed by atoms with Crippen LogP contribution in [0, 0.1) is 13.8 Å². The number of nitrogens with one attached hydrogen (secondary N) is 1. The third-order valence-electron chi connectivity index (χ3n) is 3.71. The van der Waals surface area contributed by atoms with Gasteiger partial charge in [-0.1, -0.05) is 23.8 Å². The molecule has 0 radical (unpaired) electrons. The van der Waals surface area contributed by atoms with Crippen molar-refractivity contribution in [1.29, 1.82) is 0 Å². The van der Waals surface area contributed by atoms with E-state index in [0.29, 0.717) is 0 Å². The molecule has 0 bridgehead atoms. The number of hydrogen-bond acceptors (Lipinski definition) is 8. The number of benzene rings is 2. The molecule has 0 aliphatic heterocycles. The number of phenolic OH excluding ortho intramolecular Hbond substituents is 1. The van der Waals surface area contributed by atoms with E-state index in [1.807, 2.05) is 38.1 Å². The van der Waals surface area contributed by atoms with Crippen LogP contribution in [0.1, 0.15) is 27.3 Å². The molecule has 0 unspecified atom stereocenters. The molecule has 0 atom stereocenters. The summed E-state index contributed by atoms with van der Waals surface area (Å²) in [4.78, 5) is 24.3. The lowest BCUT2D eigenvalue weighted by atomic mass is 10.1. The predicted octanol–water partition coefficient (Wildman–Crippen LogP) is 2.88. The Bertz CT molecular complexity index is 974. The number of carbonyl (C=O) groups excluding carboxylic acids is 1. The molecule has 8 heteroatoms. The zero-order valence-electron chi connectivity index (χ0n) is 14.9. The average Bonchev–Trinajstić information content (AvgIpc) is 2.61. The Morgan fingerprint density at radius 1 is 1.07 bits per heavy atom. The summed E-state index contributed by atoms with van der Waals surface area (Å²) in [5, 5.41) is 12.9. The molecular formula is C19H19N5O3. The molecule has 0 spiro atoms. The summed E-state index contributed by atoms with van der Waals surface area (Å²) in [5.74, 6) is -0.382. The molecule has 138 valence electrons. The van der Waals surface area contributed by atoms with Crippen LogP contribution in [0.15, 0.2) is 42.5 Å². The minimum absolute atomic E-state index is 0.00356. The molecule has 0 fully saturated rings. The van der Waals surface area contributed by atoms with Crippen molar-refractivity contribution >= 4 is 23.6 Å². The van der Waals surface area contributed by atoms with Crippen molar-refractivity contribution in [2.24, 2.45) is 0 Å². The number of aromatic nitrogens is 3. The maximum Gasteiger partial charge on any atom is 0.342 e. The fourth-order valence-electron chi connectivity index (χ4n) is 2.35. The summed E-state index contributed by atoms with van der Waals surface area (Å²) >= 11 is 0. The van der Waals surface area contributed by atoms with Gasteiger partial charge in [-0.25, -0.2) is 4.79 Å². The van der Waals surface area contributed by atoms with Crippen molar-refractivity contribution < 1.29 is 14.6 Å². The molecule has 8 nitrogen and oxygen atoms in total. The number of aromatic hydroxyl groups is 1. The van der Waals surface area contributed by atoms with Gasteiger partial charge in [-0.3, -0.25) is 0 Å². The fraction of sp³-hybridized carbons (Fsp3) is 0.158. The van der Waals surface area contributed by atoms with Gasteiger partial charge in [0.1, 0.15) is 11.3 Å². The van der Waals surface area contributed by atoms with Gasteiger partial charge in [0.05, 0.1) is 0 Å². The van der Waals surface area contributed by atoms with E-state index in [0.717, 1.165) is 16.8 Å². The summed E-state index contributed by atoms with van der Waals surface area (Å²) in [7, 11) is 0. The van der Waals surface area contributed by atoms with E-state index in [1.54, 1.807) is 6.07 Å². The lowest BCUT2D eigenvalue weighted by Gasteiger charge is -2.09. The number of phenols is 1. The highest BCUT2D eigenvalue weighted by molar-refractivity contribution is 5.92. The van der Waals surface area contributed by atoms with E-state index >= 15 is 0 Å². The molecule has 4 N–H and O–H groups in total. The van der Waals surface area contributed by atoms with Crippen LogP contribution < -0.4 is 11.1 Å². The Balaban J connectivity index is 1.70. The quantitative estimate of drug-likeness (QED) is 0.590. The first-order valence-corrected chi connectivity index (χ1v) is 8.21. The number of aryl methyl sites for hydroxylation is 2. The minimum Gasteiger partial charge on any atom is -0.507 e. The molecule has 2 aromatic carbocycles. The third-order valence-corrected chi connectivity index (χ3v) is 3.71. The van der Waals surface area contributed by atoms with Gasteiger partial charge in [0.2, 0.25) is 11.9 Å². The first-order chi connectivity index (χ1) is 12.9. The van der Waals surface area contributed by atoms with Gasteiger partial charge in [-0.15, -0.1) is 0 Å². The number of hydrogen-bond donors (Lipinski definition) is 3. The Morgan fingerprint density at radius 2 is 1.78 bits per heavy atom. The van der Waals surface area contributed by atoms with Crippen LogP contribution in [0.5, 0.6) is 5.75 Å². The molecule has 3 rings (SSSR count). The number of nitrogens with two attached hydrogens (primary N) is 1. The van der Waals surface area contributed by atoms with Gasteiger partial charge in [-0.2, -0.15) is 15.0 Å². The van der Waals surface area contributed by atoms with Crippen molar-refractivity contribution in [1.82, 2.24) is 15.0 Å². The highest BCUT2D eigenvalue weighted by Crippen LogP contribution is 2.20. The van der Waals surface area contributed by atoms with E-state index < -0.39 is 5.97 Å². The average molecular weight is 365 g/mol. The number of carbonyl (C=O) groups is 1. The lowest BCUT2D eigenvalue weighted by molar-refractivity contribution is 0.0459. The van der Waals surface area contributed by atoms with Gasteiger partial charge >= 0.3 is 5.97 Å². The molecule has 3 aromatic rings. The summed E-state index contributed by atoms with van der Waals surface area (Å²) in [5.41, 5.74) is 8.54. The SMILES string of the molecule is Cc1ccc(Nc2nc(N)nc(COC(=O)c3ccc(C)cc3O)n2)cc1. The number of rotatable bonds is 5. The first kappa shape index (κ1) is 18.1. The predicted molar refractivity (Wildman–Crippen MR) is 101 cm³/mol. The number of nitrogens with zero attached hydrogens (tertiary/aromatic N) is 3. The highest BCUT2D eigenvalue weighted by Gasteiger charge is 2.14. The van der Waals surface area contributed by atoms with Crippen molar-refractivity contribution in [2.45, 2.75) is 20.5 Å². The normalized spacial score (nSPS) is 10.4. The van der Waals surface area contributed by atoms with Crippen molar-refractivity contribution in [3.63, 3.8) is 0 Å². The van der Waals surface area contributed by atoms with Crippen LogP contribution in [0.3, 0.4) is 0 Å². The monoisotopic (exact) mass is 365 g/mol. The maximum absolute atomic E-state index is 12.1. The van der Waals surface area contributed by atoms with Crippen LogP contribution in [0.2, 0.25) is 0 Å². The van der Waals surface area contributed by atoms with Crippen LogP contribution in [0.25, 0.3) is 0 Å². The summed E-state index contributed by atoms with van der Waals surface area (Å²) in [6.07, 6.45) is 0. The van der Waals surface area contributed by atoms with E-state index in [4.69, 9.17) is 10.5 Å². The standard InChI is InChI=1S/C19H19N5O3/c1-11-3-6-13(7-4-11)21-19-23-16(22-18(20)24-19)10-27-17(26)14-8-5-12(2)9-15(14)25/h3-9,25H,10H2,1-2H3,(H3,20,21,22,23,24). The van der Waals surface area contributed by atoms with Crippen LogP contribution >= 0.6 is 0 Å². The second kappa shape index (κ2) is 7.69. The second-order valence-corrected chi connectivity index (χ2v) is 6.02. The van der Waals surface area contributed by atoms with Gasteiger partial charge in [0.25, 0.3) is 0 Å². The molecule has 0 saturated heterocycles. The molecular weight excluding hydrogens is 346 g/mol. The number of ether oxygens (including phenoxy) is 1. The molecule has 1 heterocycles. The van der Waals surface area contributed by atoms with Crippen LogP contribution in [-0.2, 0) is 11.3 Å². The van der Waals surface area contributed by atoms with Gasteiger partial charge in [-0.05, 0) is 43.7 Å². The van der Waals surface area contributed by atoms with Crippen LogP contribution in [-0.4, -0.2) is 26.0 Å². The van der Waals surface area contributed by atoms with Gasteiger partial charge < -0.3 is 20.9 Å². The molecule has 27 heavy (non-hydrogen) atoms. The number of nitrogen functional groups attached to an aromatic ring is 1. The second-order valence-electron chi connectivity index (χ2n) is 6.02. The minimum atomic E-state index is -0.681. The number of anilines is 3. The summed E-state index contributed by atoms with van der Waals surface area (Å²) < 4.78 is 5.18. The summed E-state index contributed by atoms with van der Waals surface area (Å²) in [6, 6.07) is 12.4. The maximum atomic E-state index is 12.1. The smallest absolute Gasteiger partial charge is 0.342 e. The largest absolute Gasteiger partial charge is 0.507 e. The first-order valence-electron chi connectivity index (χ1n) is 8.21. The van der Waals surface area contributed by atoms with Gasteiger partial charge in [0, 0.05) is 5.69 Å². The lowest BCUT2D eigenvalue weighted by Crippen LogP contribution is -2.11. The Hall–Kier alpha value is -3.68. The molecule has 0 aliphatic rings. The molecule has 1 aromatic heterocycles.